The first-order valence-electron chi connectivity index (χ1n) is 10.9. The Bertz CT molecular complexity index is 894. The summed E-state index contributed by atoms with van der Waals surface area (Å²) in [4.78, 5) is 5.24. The molecule has 4 nitrogen and oxygen atoms in total. The van der Waals surface area contributed by atoms with Gasteiger partial charge in [-0.2, -0.15) is 0 Å². The summed E-state index contributed by atoms with van der Waals surface area (Å²) in [6.07, 6.45) is 6.70. The predicted molar refractivity (Wildman–Crippen MR) is 105 cm³/mol. The van der Waals surface area contributed by atoms with E-state index >= 15 is 0 Å². The van der Waals surface area contributed by atoms with Gasteiger partial charge < -0.3 is 14.8 Å². The molecule has 1 heterocycles. The molecule has 0 radical (unpaired) electrons. The van der Waals surface area contributed by atoms with Crippen molar-refractivity contribution >= 4 is 5.71 Å². The molecule has 5 saturated carbocycles. The molecule has 0 amide bonds. The van der Waals surface area contributed by atoms with Crippen molar-refractivity contribution < 1.29 is 9.47 Å². The van der Waals surface area contributed by atoms with E-state index in [9.17, 15) is 0 Å². The van der Waals surface area contributed by atoms with E-state index in [0.717, 1.165) is 50.0 Å². The van der Waals surface area contributed by atoms with Crippen LogP contribution in [0.25, 0.3) is 0 Å². The first kappa shape index (κ1) is 16.2. The van der Waals surface area contributed by atoms with Gasteiger partial charge in [-0.1, -0.05) is 30.2 Å². The van der Waals surface area contributed by atoms with Gasteiger partial charge in [0.15, 0.2) is 5.79 Å². The summed E-state index contributed by atoms with van der Waals surface area (Å²) in [7, 11) is 0. The highest BCUT2D eigenvalue weighted by Crippen LogP contribution is 2.85. The molecule has 1 spiro atoms. The van der Waals surface area contributed by atoms with E-state index < -0.39 is 0 Å². The van der Waals surface area contributed by atoms with Gasteiger partial charge in [-0.3, -0.25) is 4.99 Å². The largest absolute Gasteiger partial charge is 0.347 e. The zero-order valence-corrected chi connectivity index (χ0v) is 16.0. The Labute approximate surface area is 166 Å². The van der Waals surface area contributed by atoms with Crippen LogP contribution in [0.15, 0.2) is 29.3 Å². The number of nitrogens with one attached hydrogen (secondary N) is 1. The highest BCUT2D eigenvalue weighted by molar-refractivity contribution is 5.96. The van der Waals surface area contributed by atoms with Crippen LogP contribution >= 0.6 is 0 Å². The number of aliphatic imine (C=N–C) groups is 1. The quantitative estimate of drug-likeness (QED) is 0.636. The van der Waals surface area contributed by atoms with Gasteiger partial charge in [0.2, 0.25) is 0 Å². The van der Waals surface area contributed by atoms with E-state index in [-0.39, 0.29) is 5.79 Å². The van der Waals surface area contributed by atoms with Crippen molar-refractivity contribution in [2.45, 2.75) is 25.3 Å². The van der Waals surface area contributed by atoms with Gasteiger partial charge in [-0.15, -0.1) is 6.42 Å². The third-order valence-corrected chi connectivity index (χ3v) is 8.88. The maximum atomic E-state index is 6.33. The van der Waals surface area contributed by atoms with Crippen LogP contribution in [0, 0.1) is 59.7 Å². The lowest BCUT2D eigenvalue weighted by Gasteiger charge is -2.51. The molecule has 2 bridgehead atoms. The van der Waals surface area contributed by atoms with Gasteiger partial charge in [-0.25, -0.2) is 0 Å². The second-order valence-electron chi connectivity index (χ2n) is 9.60. The van der Waals surface area contributed by atoms with Crippen LogP contribution < -0.4 is 5.32 Å². The normalized spacial score (nSPS) is 46.0. The van der Waals surface area contributed by atoms with Crippen molar-refractivity contribution in [1.29, 1.82) is 0 Å². The van der Waals surface area contributed by atoms with Crippen molar-refractivity contribution in [2.24, 2.45) is 52.3 Å². The van der Waals surface area contributed by atoms with Crippen LogP contribution in [0.4, 0.5) is 0 Å². The van der Waals surface area contributed by atoms with Gasteiger partial charge >= 0.3 is 0 Å². The van der Waals surface area contributed by atoms with Crippen LogP contribution in [0.2, 0.25) is 0 Å². The Morgan fingerprint density at radius 3 is 2.61 bits per heavy atom. The topological polar surface area (TPSA) is 42.9 Å². The molecular formula is C24H26N2O2. The van der Waals surface area contributed by atoms with Crippen LogP contribution in [0.1, 0.15) is 17.5 Å². The summed E-state index contributed by atoms with van der Waals surface area (Å²) in [5, 5.41) is 3.24. The van der Waals surface area contributed by atoms with E-state index in [0.29, 0.717) is 30.2 Å². The fourth-order valence-electron chi connectivity index (χ4n) is 8.41. The molecule has 0 aromatic heterocycles. The average Bonchev–Trinajstić information content (AvgIpc) is 3.39. The number of benzene rings is 1. The van der Waals surface area contributed by atoms with Gasteiger partial charge in [0.05, 0.1) is 26.3 Å². The third-order valence-electron chi connectivity index (χ3n) is 8.88. The Morgan fingerprint density at radius 2 is 1.82 bits per heavy atom. The number of terminal acetylenes is 1. The lowest BCUT2D eigenvalue weighted by molar-refractivity contribution is -0.240. The fourth-order valence-corrected chi connectivity index (χ4v) is 8.41. The summed E-state index contributed by atoms with van der Waals surface area (Å²) in [6, 6.07) is 8.81. The van der Waals surface area contributed by atoms with Crippen molar-refractivity contribution in [1.82, 2.24) is 5.32 Å². The lowest BCUT2D eigenvalue weighted by Crippen LogP contribution is -2.58. The Hall–Kier alpha value is -1.67. The molecule has 28 heavy (non-hydrogen) atoms. The number of hydrogen-bond acceptors (Lipinski definition) is 4. The molecule has 1 saturated heterocycles. The van der Waals surface area contributed by atoms with Gasteiger partial charge in [-0.05, 0) is 41.2 Å². The van der Waals surface area contributed by atoms with E-state index in [1.165, 1.54) is 23.3 Å². The van der Waals surface area contributed by atoms with Gasteiger partial charge in [0, 0.05) is 35.9 Å². The number of fused-ring (bicyclic) bond motifs is 4. The molecule has 4 heteroatoms. The van der Waals surface area contributed by atoms with Crippen LogP contribution in [0.3, 0.4) is 0 Å². The standard InChI is InChI=1S/C24H26N2O2/c1-2-7-25-11-13-3-5-14(6-4-13)12-26-23-19-15-10-16-18-17(15)20(23)22(18)24(21(16)19)27-8-9-28-24/h1,3-6,15-22,25H,7-12H2. The first-order chi connectivity index (χ1) is 13.8. The highest BCUT2D eigenvalue weighted by atomic mass is 16.7. The monoisotopic (exact) mass is 374 g/mol. The third kappa shape index (κ3) is 1.74. The van der Waals surface area contributed by atoms with Gasteiger partial charge in [0.1, 0.15) is 0 Å². The smallest absolute Gasteiger partial charge is 0.175 e. The molecule has 6 aliphatic rings. The summed E-state index contributed by atoms with van der Waals surface area (Å²) >= 11 is 0. The van der Waals surface area contributed by atoms with E-state index in [1.807, 2.05) is 0 Å². The zero-order valence-electron chi connectivity index (χ0n) is 16.0. The molecule has 144 valence electrons. The minimum absolute atomic E-state index is 0.224. The van der Waals surface area contributed by atoms with Crippen LogP contribution in [0.5, 0.6) is 0 Å². The van der Waals surface area contributed by atoms with Crippen LogP contribution in [-0.2, 0) is 22.6 Å². The second-order valence-corrected chi connectivity index (χ2v) is 9.60. The molecule has 8 unspecified atom stereocenters. The molecule has 7 rings (SSSR count). The van der Waals surface area contributed by atoms with E-state index in [2.05, 4.69) is 35.5 Å². The maximum Gasteiger partial charge on any atom is 0.175 e. The van der Waals surface area contributed by atoms with E-state index in [1.54, 1.807) is 0 Å². The van der Waals surface area contributed by atoms with Crippen molar-refractivity contribution in [2.75, 3.05) is 19.8 Å². The van der Waals surface area contributed by atoms with E-state index in [4.69, 9.17) is 20.9 Å². The van der Waals surface area contributed by atoms with Crippen molar-refractivity contribution in [3.05, 3.63) is 35.4 Å². The molecule has 8 atom stereocenters. The lowest BCUT2D eigenvalue weighted by atomic mass is 9.58. The first-order valence-corrected chi connectivity index (χ1v) is 10.9. The van der Waals surface area contributed by atoms with Crippen LogP contribution in [-0.4, -0.2) is 31.3 Å². The van der Waals surface area contributed by atoms with Gasteiger partial charge in [0.25, 0.3) is 0 Å². The van der Waals surface area contributed by atoms with Crippen molar-refractivity contribution in [3.63, 3.8) is 0 Å². The zero-order chi connectivity index (χ0) is 18.5. The Balaban J connectivity index is 1.13. The number of ether oxygens (including phenoxy) is 2. The molecule has 5 aliphatic carbocycles. The SMILES string of the molecule is C#CCNCc1ccc(CN=C2C3C4CC5C6C4C2C6C2(OCCO2)C53)cc1. The fraction of sp³-hybridized carbons (Fsp3) is 0.625. The molecule has 6 fully saturated rings. The van der Waals surface area contributed by atoms with Crippen molar-refractivity contribution in [3.8, 4) is 12.3 Å². The average molecular weight is 374 g/mol. The number of nitrogens with zero attached hydrogens (tertiary/aromatic N) is 1. The highest BCUT2D eigenvalue weighted by Gasteiger charge is 2.88. The summed E-state index contributed by atoms with van der Waals surface area (Å²) < 4.78 is 12.7. The molecule has 1 aromatic carbocycles. The Morgan fingerprint density at radius 1 is 1.04 bits per heavy atom. The minimum atomic E-state index is -0.224. The number of hydrogen-bond donors (Lipinski definition) is 1. The molecule has 1 aliphatic heterocycles. The summed E-state index contributed by atoms with van der Waals surface area (Å²) in [5.74, 6) is 8.35. The minimum Gasteiger partial charge on any atom is -0.347 e. The molecule has 1 N–H and O–H groups in total. The predicted octanol–water partition coefficient (Wildman–Crippen LogP) is 2.48. The maximum absolute atomic E-state index is 6.33. The number of rotatable bonds is 5. The Kier molecular flexibility index (Phi) is 3.16. The summed E-state index contributed by atoms with van der Waals surface area (Å²) in [5.41, 5.74) is 4.10. The molecule has 1 aromatic rings. The summed E-state index contributed by atoms with van der Waals surface area (Å²) in [6.45, 7) is 3.82. The second kappa shape index (κ2) is 5.48. The molecular weight excluding hydrogens is 348 g/mol.